The van der Waals surface area contributed by atoms with Crippen LogP contribution in [0.4, 0.5) is 23.2 Å². The molecular formula is C15H12BrF4N. The molecule has 0 aliphatic heterocycles. The largest absolute Gasteiger partial charge is 0.416 e. The number of hydrogen-bond acceptors (Lipinski definition) is 1. The van der Waals surface area contributed by atoms with Gasteiger partial charge in [0.25, 0.3) is 0 Å². The summed E-state index contributed by atoms with van der Waals surface area (Å²) in [6.45, 7) is 1.80. The van der Waals surface area contributed by atoms with Crippen LogP contribution in [-0.2, 0) is 12.7 Å². The molecule has 0 aliphatic carbocycles. The van der Waals surface area contributed by atoms with Crippen LogP contribution in [0.1, 0.15) is 16.7 Å². The molecular weight excluding hydrogens is 350 g/mol. The van der Waals surface area contributed by atoms with Crippen LogP contribution in [-0.4, -0.2) is 0 Å². The van der Waals surface area contributed by atoms with Crippen LogP contribution in [0.5, 0.6) is 0 Å². The van der Waals surface area contributed by atoms with Crippen molar-refractivity contribution in [3.05, 3.63) is 63.4 Å². The van der Waals surface area contributed by atoms with Gasteiger partial charge in [-0.1, -0.05) is 22.0 Å². The topological polar surface area (TPSA) is 12.0 Å². The second-order valence-corrected chi connectivity index (χ2v) is 5.53. The van der Waals surface area contributed by atoms with Gasteiger partial charge in [0.05, 0.1) is 5.56 Å². The molecule has 6 heteroatoms. The zero-order chi connectivity index (χ0) is 15.6. The Labute approximate surface area is 128 Å². The van der Waals surface area contributed by atoms with E-state index >= 15 is 0 Å². The molecule has 2 rings (SSSR count). The number of hydrogen-bond donors (Lipinski definition) is 1. The minimum atomic E-state index is -4.40. The molecule has 0 spiro atoms. The van der Waals surface area contributed by atoms with Crippen LogP contribution in [0.25, 0.3) is 0 Å². The summed E-state index contributed by atoms with van der Waals surface area (Å²) in [6, 6.07) is 7.91. The standard InChI is InChI=1S/C15H12BrF4N/c1-9-2-3-11(15(18,19)20)7-14(9)21-8-10-6-12(16)4-5-13(10)17/h2-7,21H,8H2,1H3. The lowest BCUT2D eigenvalue weighted by atomic mass is 10.1. The number of benzene rings is 2. The zero-order valence-corrected chi connectivity index (χ0v) is 12.6. The van der Waals surface area contributed by atoms with E-state index in [4.69, 9.17) is 0 Å². The summed E-state index contributed by atoms with van der Waals surface area (Å²) in [6.07, 6.45) is -4.40. The first-order valence-corrected chi connectivity index (χ1v) is 6.92. The molecule has 1 N–H and O–H groups in total. The number of alkyl halides is 3. The summed E-state index contributed by atoms with van der Waals surface area (Å²) in [7, 11) is 0. The average Bonchev–Trinajstić information content (AvgIpc) is 2.40. The zero-order valence-electron chi connectivity index (χ0n) is 11.1. The maximum atomic E-state index is 13.6. The van der Waals surface area contributed by atoms with Crippen LogP contribution in [0, 0.1) is 12.7 Å². The molecule has 0 radical (unpaired) electrons. The van der Waals surface area contributed by atoms with Gasteiger partial charge in [0.2, 0.25) is 0 Å². The summed E-state index contributed by atoms with van der Waals surface area (Å²) >= 11 is 3.23. The SMILES string of the molecule is Cc1ccc(C(F)(F)F)cc1NCc1cc(Br)ccc1F. The molecule has 0 amide bonds. The molecule has 0 bridgehead atoms. The average molecular weight is 362 g/mol. The van der Waals surface area contributed by atoms with Crippen molar-refractivity contribution < 1.29 is 17.6 Å². The number of rotatable bonds is 3. The molecule has 0 atom stereocenters. The molecule has 112 valence electrons. The predicted molar refractivity (Wildman–Crippen MR) is 77.6 cm³/mol. The fraction of sp³-hybridized carbons (Fsp3) is 0.200. The number of nitrogens with one attached hydrogen (secondary N) is 1. The fourth-order valence-corrected chi connectivity index (χ4v) is 2.27. The van der Waals surface area contributed by atoms with Crippen molar-refractivity contribution in [3.8, 4) is 0 Å². The molecule has 0 aliphatic rings. The van der Waals surface area contributed by atoms with Gasteiger partial charge >= 0.3 is 6.18 Å². The molecule has 21 heavy (non-hydrogen) atoms. The summed E-state index contributed by atoms with van der Waals surface area (Å²) in [5, 5.41) is 2.85. The van der Waals surface area contributed by atoms with E-state index in [-0.39, 0.29) is 6.54 Å². The number of anilines is 1. The van der Waals surface area contributed by atoms with E-state index in [1.807, 2.05) is 0 Å². The second kappa shape index (κ2) is 6.05. The van der Waals surface area contributed by atoms with Crippen molar-refractivity contribution in [1.29, 1.82) is 0 Å². The van der Waals surface area contributed by atoms with Gasteiger partial charge in [-0.2, -0.15) is 13.2 Å². The Kier molecular flexibility index (Phi) is 4.56. The van der Waals surface area contributed by atoms with Gasteiger partial charge in [-0.15, -0.1) is 0 Å². The molecule has 0 fully saturated rings. The Morgan fingerprint density at radius 2 is 1.81 bits per heavy atom. The van der Waals surface area contributed by atoms with E-state index in [2.05, 4.69) is 21.2 Å². The van der Waals surface area contributed by atoms with Crippen molar-refractivity contribution in [2.24, 2.45) is 0 Å². The number of aryl methyl sites for hydroxylation is 1. The highest BCUT2D eigenvalue weighted by Crippen LogP contribution is 2.32. The van der Waals surface area contributed by atoms with Gasteiger partial charge in [-0.05, 0) is 42.8 Å². The summed E-state index contributed by atoms with van der Waals surface area (Å²) in [5.74, 6) is -0.407. The molecule has 0 saturated heterocycles. The Morgan fingerprint density at radius 3 is 2.48 bits per heavy atom. The lowest BCUT2D eigenvalue weighted by Crippen LogP contribution is -2.08. The van der Waals surface area contributed by atoms with Gasteiger partial charge < -0.3 is 5.32 Å². The van der Waals surface area contributed by atoms with Crippen molar-refractivity contribution >= 4 is 21.6 Å². The van der Waals surface area contributed by atoms with E-state index < -0.39 is 17.6 Å². The van der Waals surface area contributed by atoms with E-state index in [9.17, 15) is 17.6 Å². The van der Waals surface area contributed by atoms with Gasteiger partial charge in [0, 0.05) is 22.3 Å². The van der Waals surface area contributed by atoms with E-state index in [1.54, 1.807) is 19.1 Å². The molecule has 1 nitrogen and oxygen atoms in total. The van der Waals surface area contributed by atoms with E-state index in [0.717, 1.165) is 12.1 Å². The Hall–Kier alpha value is -1.56. The van der Waals surface area contributed by atoms with E-state index in [0.29, 0.717) is 21.3 Å². The second-order valence-electron chi connectivity index (χ2n) is 4.62. The highest BCUT2D eigenvalue weighted by molar-refractivity contribution is 9.10. The highest BCUT2D eigenvalue weighted by Gasteiger charge is 2.30. The Bertz CT molecular complexity index is 653. The summed E-state index contributed by atoms with van der Waals surface area (Å²) < 4.78 is 52.4. The fourth-order valence-electron chi connectivity index (χ4n) is 1.86. The number of halogens is 5. The van der Waals surface area contributed by atoms with Crippen molar-refractivity contribution in [1.82, 2.24) is 0 Å². The molecule has 2 aromatic rings. The molecule has 0 heterocycles. The lowest BCUT2D eigenvalue weighted by molar-refractivity contribution is -0.137. The van der Waals surface area contributed by atoms with Gasteiger partial charge in [-0.3, -0.25) is 0 Å². The third kappa shape index (κ3) is 3.97. The van der Waals surface area contributed by atoms with Crippen molar-refractivity contribution in [2.45, 2.75) is 19.6 Å². The third-order valence-corrected chi connectivity index (χ3v) is 3.54. The van der Waals surface area contributed by atoms with Gasteiger partial charge in [0.1, 0.15) is 5.82 Å². The molecule has 0 unspecified atom stereocenters. The van der Waals surface area contributed by atoms with Crippen LogP contribution in [0.3, 0.4) is 0 Å². The molecule has 0 saturated carbocycles. The minimum Gasteiger partial charge on any atom is -0.381 e. The quantitative estimate of drug-likeness (QED) is 0.709. The molecule has 0 aromatic heterocycles. The Morgan fingerprint density at radius 1 is 1.10 bits per heavy atom. The monoisotopic (exact) mass is 361 g/mol. The smallest absolute Gasteiger partial charge is 0.381 e. The van der Waals surface area contributed by atoms with Crippen LogP contribution in [0.15, 0.2) is 40.9 Å². The highest BCUT2D eigenvalue weighted by atomic mass is 79.9. The Balaban J connectivity index is 2.22. The molecule has 2 aromatic carbocycles. The maximum Gasteiger partial charge on any atom is 0.416 e. The first-order valence-electron chi connectivity index (χ1n) is 6.13. The van der Waals surface area contributed by atoms with Crippen molar-refractivity contribution in [2.75, 3.05) is 5.32 Å². The predicted octanol–water partition coefficient (Wildman–Crippen LogP) is 5.53. The summed E-state index contributed by atoms with van der Waals surface area (Å²) in [5.41, 5.74) is 0.647. The van der Waals surface area contributed by atoms with Crippen LogP contribution >= 0.6 is 15.9 Å². The van der Waals surface area contributed by atoms with Gasteiger partial charge in [0.15, 0.2) is 0 Å². The van der Waals surface area contributed by atoms with Gasteiger partial charge in [-0.25, -0.2) is 4.39 Å². The summed E-state index contributed by atoms with van der Waals surface area (Å²) in [4.78, 5) is 0. The third-order valence-electron chi connectivity index (χ3n) is 3.04. The normalized spacial score (nSPS) is 11.5. The first kappa shape index (κ1) is 15.8. The lowest BCUT2D eigenvalue weighted by Gasteiger charge is -2.14. The minimum absolute atomic E-state index is 0.105. The maximum absolute atomic E-state index is 13.6. The van der Waals surface area contributed by atoms with Crippen molar-refractivity contribution in [3.63, 3.8) is 0 Å². The first-order chi connectivity index (χ1) is 9.77. The van der Waals surface area contributed by atoms with Crippen LogP contribution in [0.2, 0.25) is 0 Å². The van der Waals surface area contributed by atoms with E-state index in [1.165, 1.54) is 12.1 Å². The van der Waals surface area contributed by atoms with Crippen LogP contribution < -0.4 is 5.32 Å².